The first-order chi connectivity index (χ1) is 9.40. The van der Waals surface area contributed by atoms with Crippen molar-refractivity contribution in [2.75, 3.05) is 5.88 Å². The lowest BCUT2D eigenvalue weighted by molar-refractivity contribution is -0.129. The molecule has 20 heavy (non-hydrogen) atoms. The largest absolute Gasteiger partial charge is 0.481 e. The maximum absolute atomic E-state index is 12.2. The fraction of sp³-hybridized carbons (Fsp3) is 0.533. The minimum Gasteiger partial charge on any atom is -0.481 e. The molecule has 0 aliphatic rings. The molecule has 1 N–H and O–H groups in total. The van der Waals surface area contributed by atoms with Gasteiger partial charge in [0.1, 0.15) is 5.75 Å². The third kappa shape index (κ3) is 5.22. The van der Waals surface area contributed by atoms with Gasteiger partial charge in [-0.05, 0) is 44.9 Å². The van der Waals surface area contributed by atoms with E-state index in [0.29, 0.717) is 16.7 Å². The lowest BCUT2D eigenvalue weighted by atomic mass is 9.95. The lowest BCUT2D eigenvalue weighted by Crippen LogP contribution is -2.50. The Morgan fingerprint density at radius 3 is 2.75 bits per heavy atom. The molecule has 0 fully saturated rings. The van der Waals surface area contributed by atoms with Crippen LogP contribution in [0, 0.1) is 0 Å². The monoisotopic (exact) mass is 317 g/mol. The maximum Gasteiger partial charge on any atom is 0.261 e. The summed E-state index contributed by atoms with van der Waals surface area (Å²) in [7, 11) is 0. The van der Waals surface area contributed by atoms with E-state index in [1.165, 1.54) is 0 Å². The number of benzene rings is 1. The van der Waals surface area contributed by atoms with Gasteiger partial charge in [-0.15, -0.1) is 11.6 Å². The second-order valence-corrected chi connectivity index (χ2v) is 5.87. The van der Waals surface area contributed by atoms with Gasteiger partial charge in [0.2, 0.25) is 0 Å². The maximum atomic E-state index is 12.2. The highest BCUT2D eigenvalue weighted by Gasteiger charge is 2.26. The van der Waals surface area contributed by atoms with Crippen molar-refractivity contribution in [1.82, 2.24) is 5.32 Å². The number of carbonyl (C=O) groups is 1. The van der Waals surface area contributed by atoms with Gasteiger partial charge in [0.15, 0.2) is 6.10 Å². The first kappa shape index (κ1) is 17.1. The molecule has 0 heterocycles. The summed E-state index contributed by atoms with van der Waals surface area (Å²) >= 11 is 11.7. The van der Waals surface area contributed by atoms with Crippen LogP contribution in [0.25, 0.3) is 0 Å². The Morgan fingerprint density at radius 2 is 2.20 bits per heavy atom. The van der Waals surface area contributed by atoms with Gasteiger partial charge >= 0.3 is 0 Å². The normalized spacial score (nSPS) is 15.2. The van der Waals surface area contributed by atoms with Crippen LogP contribution in [0.15, 0.2) is 24.3 Å². The van der Waals surface area contributed by atoms with Crippen molar-refractivity contribution in [3.63, 3.8) is 0 Å². The number of nitrogens with one attached hydrogen (secondary N) is 1. The Bertz CT molecular complexity index is 453. The Balaban J connectivity index is 2.63. The van der Waals surface area contributed by atoms with Crippen LogP contribution in [0.2, 0.25) is 5.02 Å². The van der Waals surface area contributed by atoms with E-state index in [1.807, 2.05) is 13.8 Å². The van der Waals surface area contributed by atoms with E-state index >= 15 is 0 Å². The molecule has 5 heteroatoms. The fourth-order valence-electron chi connectivity index (χ4n) is 1.73. The molecular formula is C15H21Cl2NO2. The molecule has 0 aliphatic carbocycles. The topological polar surface area (TPSA) is 38.3 Å². The molecule has 0 aromatic heterocycles. The van der Waals surface area contributed by atoms with E-state index < -0.39 is 6.10 Å². The molecular weight excluding hydrogens is 297 g/mol. The van der Waals surface area contributed by atoms with Crippen molar-refractivity contribution in [2.24, 2.45) is 0 Å². The average Bonchev–Trinajstić information content (AvgIpc) is 2.38. The van der Waals surface area contributed by atoms with E-state index in [-0.39, 0.29) is 11.4 Å². The zero-order valence-electron chi connectivity index (χ0n) is 12.1. The Morgan fingerprint density at radius 1 is 1.50 bits per heavy atom. The molecule has 0 radical (unpaired) electrons. The van der Waals surface area contributed by atoms with Crippen LogP contribution in [0.1, 0.15) is 33.6 Å². The van der Waals surface area contributed by atoms with E-state index in [9.17, 15) is 4.79 Å². The fourth-order valence-corrected chi connectivity index (χ4v) is 2.33. The van der Waals surface area contributed by atoms with Crippen molar-refractivity contribution in [3.8, 4) is 5.75 Å². The predicted octanol–water partition coefficient (Wildman–Crippen LogP) is 4.02. The van der Waals surface area contributed by atoms with Crippen LogP contribution in [-0.4, -0.2) is 23.4 Å². The molecule has 3 nitrogen and oxygen atoms in total. The van der Waals surface area contributed by atoms with E-state index in [1.54, 1.807) is 31.2 Å². The first-order valence-electron chi connectivity index (χ1n) is 6.70. The lowest BCUT2D eigenvalue weighted by Gasteiger charge is -2.30. The summed E-state index contributed by atoms with van der Waals surface area (Å²) in [6.07, 6.45) is 0.949. The molecule has 0 aliphatic heterocycles. The molecule has 1 rings (SSSR count). The zero-order chi connectivity index (χ0) is 15.2. The summed E-state index contributed by atoms with van der Waals surface area (Å²) in [6, 6.07) is 7.00. The number of rotatable bonds is 7. The molecule has 0 saturated heterocycles. The minimum atomic E-state index is -0.588. The van der Waals surface area contributed by atoms with Crippen LogP contribution in [0.3, 0.4) is 0 Å². The van der Waals surface area contributed by atoms with Gasteiger partial charge in [-0.2, -0.15) is 0 Å². The molecule has 1 amide bonds. The van der Waals surface area contributed by atoms with Gasteiger partial charge in [0, 0.05) is 16.4 Å². The van der Waals surface area contributed by atoms with Crippen molar-refractivity contribution in [2.45, 2.75) is 45.3 Å². The Kier molecular flexibility index (Phi) is 6.63. The molecule has 2 unspecified atom stereocenters. The van der Waals surface area contributed by atoms with Crippen LogP contribution in [0.4, 0.5) is 0 Å². The summed E-state index contributed by atoms with van der Waals surface area (Å²) < 4.78 is 5.60. The van der Waals surface area contributed by atoms with Crippen molar-refractivity contribution >= 4 is 29.1 Å². The van der Waals surface area contributed by atoms with Crippen molar-refractivity contribution < 1.29 is 9.53 Å². The molecule has 1 aromatic rings. The van der Waals surface area contributed by atoms with E-state index in [0.717, 1.165) is 12.8 Å². The highest BCUT2D eigenvalue weighted by Crippen LogP contribution is 2.19. The van der Waals surface area contributed by atoms with Crippen molar-refractivity contribution in [1.29, 1.82) is 0 Å². The molecule has 0 spiro atoms. The van der Waals surface area contributed by atoms with Gasteiger partial charge in [0.05, 0.1) is 0 Å². The second-order valence-electron chi connectivity index (χ2n) is 5.06. The van der Waals surface area contributed by atoms with Crippen LogP contribution < -0.4 is 10.1 Å². The van der Waals surface area contributed by atoms with Gasteiger partial charge in [-0.1, -0.05) is 24.6 Å². The highest BCUT2D eigenvalue weighted by molar-refractivity contribution is 6.30. The number of carbonyl (C=O) groups excluding carboxylic acids is 1. The summed E-state index contributed by atoms with van der Waals surface area (Å²) in [5, 5.41) is 3.58. The smallest absolute Gasteiger partial charge is 0.261 e. The van der Waals surface area contributed by atoms with Crippen LogP contribution in [-0.2, 0) is 4.79 Å². The molecule has 112 valence electrons. The number of hydrogen-bond donors (Lipinski definition) is 1. The summed E-state index contributed by atoms with van der Waals surface area (Å²) in [5.74, 6) is 0.934. The predicted molar refractivity (Wildman–Crippen MR) is 83.7 cm³/mol. The average molecular weight is 318 g/mol. The molecule has 1 aromatic carbocycles. The van der Waals surface area contributed by atoms with E-state index in [2.05, 4.69) is 5.32 Å². The number of hydrogen-bond acceptors (Lipinski definition) is 2. The number of ether oxygens (including phenoxy) is 1. The third-order valence-electron chi connectivity index (χ3n) is 3.33. The molecule has 0 bridgehead atoms. The standard InChI is InChI=1S/C15H21Cl2NO2/c1-4-15(3,8-9-16)18-14(19)11(2)20-13-7-5-6-12(17)10-13/h5-7,10-11H,4,8-9H2,1-3H3,(H,18,19). The first-order valence-corrected chi connectivity index (χ1v) is 7.61. The SMILES string of the molecule is CCC(C)(CCCl)NC(=O)C(C)Oc1cccc(Cl)c1. The minimum absolute atomic E-state index is 0.153. The zero-order valence-corrected chi connectivity index (χ0v) is 13.6. The van der Waals surface area contributed by atoms with Gasteiger partial charge < -0.3 is 10.1 Å². The Hall–Kier alpha value is -0.930. The van der Waals surface area contributed by atoms with E-state index in [4.69, 9.17) is 27.9 Å². The van der Waals surface area contributed by atoms with Crippen molar-refractivity contribution in [3.05, 3.63) is 29.3 Å². The third-order valence-corrected chi connectivity index (χ3v) is 3.75. The van der Waals surface area contributed by atoms with Crippen LogP contribution >= 0.6 is 23.2 Å². The van der Waals surface area contributed by atoms with Gasteiger partial charge in [-0.3, -0.25) is 4.79 Å². The quantitative estimate of drug-likeness (QED) is 0.771. The number of amides is 1. The summed E-state index contributed by atoms with van der Waals surface area (Å²) in [4.78, 5) is 12.2. The Labute approximate surface area is 130 Å². The number of alkyl halides is 1. The van der Waals surface area contributed by atoms with Gasteiger partial charge in [-0.25, -0.2) is 0 Å². The summed E-state index contributed by atoms with van der Waals surface area (Å²) in [6.45, 7) is 5.72. The molecule has 2 atom stereocenters. The number of halogens is 2. The second kappa shape index (κ2) is 7.75. The van der Waals surface area contributed by atoms with Gasteiger partial charge in [0.25, 0.3) is 5.91 Å². The molecule has 0 saturated carbocycles. The summed E-state index contributed by atoms with van der Waals surface area (Å²) in [5.41, 5.74) is -0.301. The van der Waals surface area contributed by atoms with Crippen LogP contribution in [0.5, 0.6) is 5.75 Å². The highest BCUT2D eigenvalue weighted by atomic mass is 35.5.